The van der Waals surface area contributed by atoms with E-state index in [1.165, 1.54) is 0 Å². The number of ether oxygens (including phenoxy) is 1. The van der Waals surface area contributed by atoms with Gasteiger partial charge < -0.3 is 15.4 Å². The van der Waals surface area contributed by atoms with E-state index >= 15 is 0 Å². The summed E-state index contributed by atoms with van der Waals surface area (Å²) in [7, 11) is 0. The number of benzene rings is 1. The molecule has 1 aromatic rings. The van der Waals surface area contributed by atoms with Crippen LogP contribution in [-0.2, 0) is 9.53 Å². The molecule has 1 amide bonds. The number of nitrogens with two attached hydrogens (primary N) is 1. The summed E-state index contributed by atoms with van der Waals surface area (Å²) in [6.07, 6.45) is 2.68. The van der Waals surface area contributed by atoms with Crippen molar-refractivity contribution in [3.05, 3.63) is 35.9 Å². The standard InChI is InChI=1S/C21H33N3O2/c1-15-12-23(13-16(2)26-15)14-19-10-7-11-24(19)21(25)17(3)20(22)18-8-5-4-6-9-18/h4-6,8-9,15-17,19-20H,7,10-14,22H2,1-3H3. The van der Waals surface area contributed by atoms with Gasteiger partial charge in [-0.15, -0.1) is 0 Å². The van der Waals surface area contributed by atoms with Crippen LogP contribution in [0.3, 0.4) is 0 Å². The van der Waals surface area contributed by atoms with Crippen molar-refractivity contribution >= 4 is 5.91 Å². The van der Waals surface area contributed by atoms with Crippen molar-refractivity contribution in [2.45, 2.75) is 57.9 Å². The molecule has 0 saturated carbocycles. The Labute approximate surface area is 157 Å². The summed E-state index contributed by atoms with van der Waals surface area (Å²) < 4.78 is 5.84. The van der Waals surface area contributed by atoms with E-state index in [9.17, 15) is 4.79 Å². The van der Waals surface area contributed by atoms with E-state index in [0.717, 1.165) is 44.6 Å². The SMILES string of the molecule is CC1CN(CC2CCCN2C(=O)C(C)C(N)c2ccccc2)CC(C)O1. The molecule has 1 aromatic carbocycles. The molecule has 2 saturated heterocycles. The largest absolute Gasteiger partial charge is 0.373 e. The van der Waals surface area contributed by atoms with Crippen LogP contribution < -0.4 is 5.73 Å². The number of carbonyl (C=O) groups is 1. The molecule has 0 bridgehead atoms. The zero-order valence-corrected chi connectivity index (χ0v) is 16.3. The molecule has 5 unspecified atom stereocenters. The highest BCUT2D eigenvalue weighted by atomic mass is 16.5. The van der Waals surface area contributed by atoms with Gasteiger partial charge in [-0.1, -0.05) is 37.3 Å². The van der Waals surface area contributed by atoms with Crippen molar-refractivity contribution in [2.24, 2.45) is 11.7 Å². The van der Waals surface area contributed by atoms with Crippen molar-refractivity contribution in [1.82, 2.24) is 9.80 Å². The first-order valence-corrected chi connectivity index (χ1v) is 9.94. The molecule has 3 rings (SSSR count). The van der Waals surface area contributed by atoms with Gasteiger partial charge in [-0.05, 0) is 32.3 Å². The second-order valence-corrected chi connectivity index (χ2v) is 8.03. The first-order valence-electron chi connectivity index (χ1n) is 9.94. The van der Waals surface area contributed by atoms with Gasteiger partial charge in [0.2, 0.25) is 5.91 Å². The molecule has 2 heterocycles. The Hall–Kier alpha value is -1.43. The van der Waals surface area contributed by atoms with Crippen LogP contribution in [0.5, 0.6) is 0 Å². The van der Waals surface area contributed by atoms with Gasteiger partial charge in [-0.2, -0.15) is 0 Å². The molecular weight excluding hydrogens is 326 g/mol. The fourth-order valence-electron chi connectivity index (χ4n) is 4.43. The normalized spacial score (nSPS) is 29.5. The van der Waals surface area contributed by atoms with E-state index in [-0.39, 0.29) is 30.1 Å². The van der Waals surface area contributed by atoms with Crippen LogP contribution >= 0.6 is 0 Å². The highest BCUT2D eigenvalue weighted by Gasteiger charge is 2.35. The summed E-state index contributed by atoms with van der Waals surface area (Å²) in [4.78, 5) is 17.7. The molecular formula is C21H33N3O2. The Bertz CT molecular complexity index is 584. The number of nitrogens with zero attached hydrogens (tertiary/aromatic N) is 2. The van der Waals surface area contributed by atoms with Crippen molar-refractivity contribution in [2.75, 3.05) is 26.2 Å². The van der Waals surface area contributed by atoms with E-state index < -0.39 is 0 Å². The Kier molecular flexibility index (Phi) is 6.33. The molecule has 2 fully saturated rings. The number of hydrogen-bond donors (Lipinski definition) is 1. The minimum atomic E-state index is -0.256. The average molecular weight is 360 g/mol. The number of hydrogen-bond acceptors (Lipinski definition) is 4. The van der Waals surface area contributed by atoms with Gasteiger partial charge in [-0.3, -0.25) is 9.69 Å². The highest BCUT2D eigenvalue weighted by molar-refractivity contribution is 5.80. The second-order valence-electron chi connectivity index (χ2n) is 8.03. The Balaban J connectivity index is 1.62. The van der Waals surface area contributed by atoms with Crippen LogP contribution in [-0.4, -0.2) is 60.1 Å². The van der Waals surface area contributed by atoms with Crippen molar-refractivity contribution in [3.8, 4) is 0 Å². The maximum atomic E-state index is 13.1. The first-order chi connectivity index (χ1) is 12.5. The second kappa shape index (κ2) is 8.51. The van der Waals surface area contributed by atoms with Gasteiger partial charge in [0, 0.05) is 38.3 Å². The van der Waals surface area contributed by atoms with Crippen LogP contribution in [0.25, 0.3) is 0 Å². The molecule has 2 aliphatic heterocycles. The van der Waals surface area contributed by atoms with Gasteiger partial charge in [0.15, 0.2) is 0 Å². The third-order valence-electron chi connectivity index (χ3n) is 5.74. The van der Waals surface area contributed by atoms with Gasteiger partial charge in [-0.25, -0.2) is 0 Å². The Morgan fingerprint density at radius 1 is 1.23 bits per heavy atom. The topological polar surface area (TPSA) is 58.8 Å². The molecule has 5 atom stereocenters. The lowest BCUT2D eigenvalue weighted by molar-refractivity contribution is -0.137. The molecule has 5 nitrogen and oxygen atoms in total. The number of morpholine rings is 1. The van der Waals surface area contributed by atoms with E-state index in [4.69, 9.17) is 10.5 Å². The zero-order chi connectivity index (χ0) is 18.7. The minimum absolute atomic E-state index is 0.193. The first kappa shape index (κ1) is 19.3. The van der Waals surface area contributed by atoms with Crippen LogP contribution in [0.4, 0.5) is 0 Å². The number of likely N-dealkylation sites (tertiary alicyclic amines) is 1. The lowest BCUT2D eigenvalue weighted by Crippen LogP contribution is -2.52. The van der Waals surface area contributed by atoms with Crippen LogP contribution in [0.1, 0.15) is 45.2 Å². The molecule has 2 N–H and O–H groups in total. The van der Waals surface area contributed by atoms with Gasteiger partial charge in [0.1, 0.15) is 0 Å². The third kappa shape index (κ3) is 4.45. The van der Waals surface area contributed by atoms with Crippen molar-refractivity contribution in [1.29, 1.82) is 0 Å². The van der Waals surface area contributed by atoms with Crippen molar-refractivity contribution < 1.29 is 9.53 Å². The predicted octanol–water partition coefficient (Wildman–Crippen LogP) is 2.42. The van der Waals surface area contributed by atoms with Gasteiger partial charge in [0.25, 0.3) is 0 Å². The van der Waals surface area contributed by atoms with E-state index in [1.807, 2.05) is 37.3 Å². The molecule has 2 aliphatic rings. The third-order valence-corrected chi connectivity index (χ3v) is 5.74. The predicted molar refractivity (Wildman–Crippen MR) is 104 cm³/mol. The molecule has 0 spiro atoms. The average Bonchev–Trinajstić information content (AvgIpc) is 3.07. The lowest BCUT2D eigenvalue weighted by atomic mass is 9.94. The number of rotatable bonds is 5. The van der Waals surface area contributed by atoms with Crippen LogP contribution in [0, 0.1) is 5.92 Å². The minimum Gasteiger partial charge on any atom is -0.373 e. The van der Waals surface area contributed by atoms with E-state index in [1.54, 1.807) is 0 Å². The number of carbonyl (C=O) groups excluding carboxylic acids is 1. The van der Waals surface area contributed by atoms with E-state index in [0.29, 0.717) is 6.04 Å². The summed E-state index contributed by atoms with van der Waals surface area (Å²) in [6.45, 7) is 9.91. The molecule has 0 radical (unpaired) electrons. The summed E-state index contributed by atoms with van der Waals surface area (Å²) in [6, 6.07) is 9.98. The van der Waals surface area contributed by atoms with Gasteiger partial charge in [0.05, 0.1) is 18.1 Å². The summed E-state index contributed by atoms with van der Waals surface area (Å²) in [5, 5.41) is 0. The van der Waals surface area contributed by atoms with Gasteiger partial charge >= 0.3 is 0 Å². The Morgan fingerprint density at radius 2 is 1.88 bits per heavy atom. The number of amides is 1. The molecule has 5 heteroatoms. The molecule has 0 aliphatic carbocycles. The summed E-state index contributed by atoms with van der Waals surface area (Å²) in [5.41, 5.74) is 7.43. The summed E-state index contributed by atoms with van der Waals surface area (Å²) in [5.74, 6) is -0.0151. The molecule has 144 valence electrons. The Morgan fingerprint density at radius 3 is 2.54 bits per heavy atom. The molecule has 0 aromatic heterocycles. The quantitative estimate of drug-likeness (QED) is 0.877. The monoisotopic (exact) mass is 359 g/mol. The maximum Gasteiger partial charge on any atom is 0.227 e. The zero-order valence-electron chi connectivity index (χ0n) is 16.3. The molecule has 26 heavy (non-hydrogen) atoms. The fraction of sp³-hybridized carbons (Fsp3) is 0.667. The maximum absolute atomic E-state index is 13.1. The van der Waals surface area contributed by atoms with Crippen LogP contribution in [0.2, 0.25) is 0 Å². The van der Waals surface area contributed by atoms with Crippen molar-refractivity contribution in [3.63, 3.8) is 0 Å². The lowest BCUT2D eigenvalue weighted by Gasteiger charge is -2.39. The fourth-order valence-corrected chi connectivity index (χ4v) is 4.43. The smallest absolute Gasteiger partial charge is 0.227 e. The highest BCUT2D eigenvalue weighted by Crippen LogP contribution is 2.27. The van der Waals surface area contributed by atoms with Crippen LogP contribution in [0.15, 0.2) is 30.3 Å². The van der Waals surface area contributed by atoms with E-state index in [2.05, 4.69) is 23.6 Å². The summed E-state index contributed by atoms with van der Waals surface area (Å²) >= 11 is 0.